The number of ether oxygens (including phenoxy) is 1. The van der Waals surface area contributed by atoms with E-state index < -0.39 is 5.92 Å². The van der Waals surface area contributed by atoms with Gasteiger partial charge in [0.25, 0.3) is 0 Å². The highest BCUT2D eigenvalue weighted by atomic mass is 35.5. The number of Topliss-reactive ketones (excluding diaryl/α,β-unsaturated/α-hetero) is 1. The molecule has 1 aliphatic heterocycles. The van der Waals surface area contributed by atoms with Crippen LogP contribution in [-0.2, 0) is 9.53 Å². The number of ketones is 1. The predicted octanol–water partition coefficient (Wildman–Crippen LogP) is 5.20. The average Bonchev–Trinajstić information content (AvgIpc) is 2.68. The van der Waals surface area contributed by atoms with E-state index in [1.807, 2.05) is 24.3 Å². The van der Waals surface area contributed by atoms with Gasteiger partial charge in [-0.05, 0) is 35.2 Å². The minimum Gasteiger partial charge on any atom is -0.444 e. The number of hydrogen-bond donors (Lipinski definition) is 1. The minimum absolute atomic E-state index is 0.0359. The summed E-state index contributed by atoms with van der Waals surface area (Å²) in [7, 11) is 0. The topological polar surface area (TPSA) is 76.1 Å². The van der Waals surface area contributed by atoms with Crippen molar-refractivity contribution in [1.29, 1.82) is 5.26 Å². The summed E-state index contributed by atoms with van der Waals surface area (Å²) >= 11 is 12.3. The summed E-state index contributed by atoms with van der Waals surface area (Å²) in [6.45, 7) is 0. The molecule has 1 heterocycles. The van der Waals surface area contributed by atoms with Gasteiger partial charge in [-0.15, -0.1) is 0 Å². The smallest absolute Gasteiger partial charge is 0.205 e. The van der Waals surface area contributed by atoms with Crippen LogP contribution >= 0.6 is 23.2 Å². The number of benzene rings is 2. The SMILES string of the molecule is N#CC1=C(N)OC2=C(C(=O)C[C@H](c3ccccc3Cl)C2)[C@@H]1c1ccc(Cl)cc1. The fraction of sp³-hybridized carbons (Fsp3) is 0.182. The molecule has 0 saturated heterocycles. The van der Waals surface area contributed by atoms with Crippen molar-refractivity contribution >= 4 is 29.0 Å². The van der Waals surface area contributed by atoms with Crippen molar-refractivity contribution in [3.63, 3.8) is 0 Å². The van der Waals surface area contributed by atoms with Crippen molar-refractivity contribution in [1.82, 2.24) is 0 Å². The minimum atomic E-state index is -0.550. The second-order valence-electron chi connectivity index (χ2n) is 6.86. The lowest BCUT2D eigenvalue weighted by atomic mass is 9.73. The number of hydrogen-bond acceptors (Lipinski definition) is 4. The highest BCUT2D eigenvalue weighted by Gasteiger charge is 2.41. The van der Waals surface area contributed by atoms with Crippen LogP contribution in [0.4, 0.5) is 0 Å². The molecule has 4 rings (SSSR count). The second-order valence-corrected chi connectivity index (χ2v) is 7.71. The molecular formula is C22H16Cl2N2O2. The van der Waals surface area contributed by atoms with Crippen molar-refractivity contribution in [3.05, 3.63) is 92.5 Å². The quantitative estimate of drug-likeness (QED) is 0.737. The Hall–Kier alpha value is -2.74. The number of nitrogens with zero attached hydrogens (tertiary/aromatic N) is 1. The molecule has 2 aromatic rings. The van der Waals surface area contributed by atoms with Gasteiger partial charge in [-0.1, -0.05) is 53.5 Å². The maximum atomic E-state index is 13.2. The van der Waals surface area contributed by atoms with E-state index in [1.165, 1.54) is 0 Å². The monoisotopic (exact) mass is 410 g/mol. The van der Waals surface area contributed by atoms with E-state index in [2.05, 4.69) is 6.07 Å². The fourth-order valence-corrected chi connectivity index (χ4v) is 4.34. The standard InChI is InChI=1S/C22H16Cl2N2O2/c23-14-7-5-12(6-8-14)20-16(11-25)22(26)28-19-10-13(9-18(27)21(19)20)15-3-1-2-4-17(15)24/h1-8,13,20H,9-10,26H2/t13-,20+/m0/s1. The summed E-state index contributed by atoms with van der Waals surface area (Å²) < 4.78 is 5.76. The molecular weight excluding hydrogens is 395 g/mol. The molecule has 2 N–H and O–H groups in total. The van der Waals surface area contributed by atoms with Gasteiger partial charge in [0.2, 0.25) is 5.88 Å². The molecule has 0 saturated carbocycles. The van der Waals surface area contributed by atoms with Crippen LogP contribution in [0.25, 0.3) is 0 Å². The van der Waals surface area contributed by atoms with Crippen LogP contribution in [-0.4, -0.2) is 5.78 Å². The molecule has 0 aromatic heterocycles. The lowest BCUT2D eigenvalue weighted by molar-refractivity contribution is -0.117. The second kappa shape index (κ2) is 7.35. The van der Waals surface area contributed by atoms with E-state index in [-0.39, 0.29) is 23.2 Å². The van der Waals surface area contributed by atoms with Gasteiger partial charge in [-0.2, -0.15) is 5.26 Å². The third-order valence-electron chi connectivity index (χ3n) is 5.21. The molecule has 0 spiro atoms. The number of nitrogens with two attached hydrogens (primary N) is 1. The summed E-state index contributed by atoms with van der Waals surface area (Å²) in [5.41, 5.74) is 8.48. The first-order valence-corrected chi connectivity index (χ1v) is 9.59. The molecule has 2 aliphatic rings. The van der Waals surface area contributed by atoms with Gasteiger partial charge >= 0.3 is 0 Å². The number of carbonyl (C=O) groups is 1. The lowest BCUT2D eigenvalue weighted by Crippen LogP contribution is -2.29. The van der Waals surface area contributed by atoms with E-state index in [1.54, 1.807) is 24.3 Å². The Labute approximate surface area is 172 Å². The van der Waals surface area contributed by atoms with E-state index >= 15 is 0 Å². The van der Waals surface area contributed by atoms with Crippen LogP contribution in [0, 0.1) is 11.3 Å². The molecule has 6 heteroatoms. The molecule has 0 fully saturated rings. The zero-order chi connectivity index (χ0) is 19.8. The Morgan fingerprint density at radius 2 is 1.79 bits per heavy atom. The van der Waals surface area contributed by atoms with Gasteiger partial charge in [0.15, 0.2) is 5.78 Å². The molecule has 140 valence electrons. The van der Waals surface area contributed by atoms with Gasteiger partial charge in [-0.25, -0.2) is 0 Å². The Morgan fingerprint density at radius 1 is 1.07 bits per heavy atom. The van der Waals surface area contributed by atoms with Crippen LogP contribution in [0.1, 0.15) is 35.8 Å². The molecule has 0 unspecified atom stereocenters. The van der Waals surface area contributed by atoms with Crippen molar-refractivity contribution in [2.24, 2.45) is 5.73 Å². The zero-order valence-electron chi connectivity index (χ0n) is 14.8. The summed E-state index contributed by atoms with van der Waals surface area (Å²) in [5.74, 6) is -0.161. The van der Waals surface area contributed by atoms with Gasteiger partial charge in [0, 0.05) is 28.5 Å². The highest BCUT2D eigenvalue weighted by Crippen LogP contribution is 2.47. The third kappa shape index (κ3) is 3.17. The van der Waals surface area contributed by atoms with Gasteiger partial charge in [0.1, 0.15) is 17.4 Å². The highest BCUT2D eigenvalue weighted by molar-refractivity contribution is 6.31. The van der Waals surface area contributed by atoms with Crippen LogP contribution in [0.5, 0.6) is 0 Å². The maximum Gasteiger partial charge on any atom is 0.205 e. The molecule has 28 heavy (non-hydrogen) atoms. The van der Waals surface area contributed by atoms with Gasteiger partial charge in [0.05, 0.1) is 5.92 Å². The number of rotatable bonds is 2. The van der Waals surface area contributed by atoms with Crippen LogP contribution in [0.2, 0.25) is 10.0 Å². The average molecular weight is 411 g/mol. The van der Waals surface area contributed by atoms with Crippen molar-refractivity contribution in [2.45, 2.75) is 24.7 Å². The van der Waals surface area contributed by atoms with E-state index in [0.29, 0.717) is 34.2 Å². The number of allylic oxidation sites excluding steroid dienone is 3. The molecule has 0 amide bonds. The van der Waals surface area contributed by atoms with Crippen LogP contribution in [0.3, 0.4) is 0 Å². The largest absolute Gasteiger partial charge is 0.444 e. The third-order valence-corrected chi connectivity index (χ3v) is 5.81. The molecule has 0 bridgehead atoms. The molecule has 4 nitrogen and oxygen atoms in total. The Bertz CT molecular complexity index is 1060. The summed E-state index contributed by atoms with van der Waals surface area (Å²) in [6.07, 6.45) is 0.795. The van der Waals surface area contributed by atoms with Crippen molar-refractivity contribution in [2.75, 3.05) is 0 Å². The number of halogens is 2. The zero-order valence-corrected chi connectivity index (χ0v) is 16.3. The van der Waals surface area contributed by atoms with E-state index in [9.17, 15) is 10.1 Å². The Balaban J connectivity index is 1.80. The molecule has 0 radical (unpaired) electrons. The Kier molecular flexibility index (Phi) is 4.89. The summed E-state index contributed by atoms with van der Waals surface area (Å²) in [5, 5.41) is 10.8. The Morgan fingerprint density at radius 3 is 2.46 bits per heavy atom. The first-order valence-electron chi connectivity index (χ1n) is 8.83. The first-order chi connectivity index (χ1) is 13.5. The fourth-order valence-electron chi connectivity index (χ4n) is 3.92. The van der Waals surface area contributed by atoms with E-state index in [0.717, 1.165) is 11.1 Å². The van der Waals surface area contributed by atoms with E-state index in [4.69, 9.17) is 33.7 Å². The molecule has 1 aliphatic carbocycles. The van der Waals surface area contributed by atoms with Gasteiger partial charge < -0.3 is 10.5 Å². The number of carbonyl (C=O) groups excluding carboxylic acids is 1. The lowest BCUT2D eigenvalue weighted by Gasteiger charge is -2.34. The van der Waals surface area contributed by atoms with Crippen molar-refractivity contribution in [3.8, 4) is 6.07 Å². The maximum absolute atomic E-state index is 13.2. The van der Waals surface area contributed by atoms with Crippen molar-refractivity contribution < 1.29 is 9.53 Å². The predicted molar refractivity (Wildman–Crippen MR) is 108 cm³/mol. The van der Waals surface area contributed by atoms with Gasteiger partial charge in [-0.3, -0.25) is 4.79 Å². The van der Waals surface area contributed by atoms with Crippen LogP contribution < -0.4 is 5.73 Å². The molecule has 2 atom stereocenters. The summed E-state index contributed by atoms with van der Waals surface area (Å²) in [6, 6.07) is 16.7. The molecule has 2 aromatic carbocycles. The summed E-state index contributed by atoms with van der Waals surface area (Å²) in [4.78, 5) is 13.2. The first kappa shape index (κ1) is 18.6. The normalized spacial score (nSPS) is 21.8. The van der Waals surface area contributed by atoms with Crippen LogP contribution in [0.15, 0.2) is 71.3 Å². The number of nitriles is 1.